The summed E-state index contributed by atoms with van der Waals surface area (Å²) in [6.07, 6.45) is 4.46. The van der Waals surface area contributed by atoms with E-state index in [2.05, 4.69) is 105 Å². The van der Waals surface area contributed by atoms with Crippen molar-refractivity contribution in [3.63, 3.8) is 0 Å². The van der Waals surface area contributed by atoms with Crippen LogP contribution in [-0.4, -0.2) is 31.4 Å². The van der Waals surface area contributed by atoms with Gasteiger partial charge in [0.1, 0.15) is 7.05 Å². The highest BCUT2D eigenvalue weighted by atomic mass is 15.1. The summed E-state index contributed by atoms with van der Waals surface area (Å²) in [7, 11) is 6.28. The van der Waals surface area contributed by atoms with E-state index >= 15 is 0 Å². The van der Waals surface area contributed by atoms with Gasteiger partial charge in [-0.25, -0.2) is 0 Å². The molecule has 118 valence electrons. The topological polar surface area (TPSA) is 6.25 Å². The van der Waals surface area contributed by atoms with Crippen molar-refractivity contribution in [2.75, 3.05) is 26.0 Å². The molecule has 1 aliphatic heterocycles. The van der Waals surface area contributed by atoms with Crippen LogP contribution in [0.25, 0.3) is 6.08 Å². The Morgan fingerprint density at radius 2 is 1.57 bits per heavy atom. The molecule has 1 aliphatic rings. The van der Waals surface area contributed by atoms with E-state index in [1.807, 2.05) is 0 Å². The van der Waals surface area contributed by atoms with Crippen LogP contribution in [0.2, 0.25) is 0 Å². The number of anilines is 1. The second kappa shape index (κ2) is 5.69. The van der Waals surface area contributed by atoms with E-state index in [1.54, 1.807) is 0 Å². The van der Waals surface area contributed by atoms with E-state index in [1.165, 1.54) is 28.2 Å². The summed E-state index contributed by atoms with van der Waals surface area (Å²) in [5.74, 6) is 0. The molecule has 0 saturated carbocycles. The van der Waals surface area contributed by atoms with Gasteiger partial charge in [-0.2, -0.15) is 4.58 Å². The van der Waals surface area contributed by atoms with E-state index in [-0.39, 0.29) is 5.41 Å². The molecule has 0 radical (unpaired) electrons. The summed E-state index contributed by atoms with van der Waals surface area (Å²) < 4.78 is 2.31. The molecule has 0 atom stereocenters. The third-order valence-corrected chi connectivity index (χ3v) is 4.78. The van der Waals surface area contributed by atoms with Gasteiger partial charge in [0.25, 0.3) is 0 Å². The monoisotopic (exact) mass is 305 g/mol. The van der Waals surface area contributed by atoms with Crippen LogP contribution in [0.3, 0.4) is 0 Å². The fourth-order valence-corrected chi connectivity index (χ4v) is 3.36. The van der Waals surface area contributed by atoms with Crippen molar-refractivity contribution in [1.82, 2.24) is 0 Å². The lowest BCUT2D eigenvalue weighted by Crippen LogP contribution is -2.26. The van der Waals surface area contributed by atoms with Gasteiger partial charge >= 0.3 is 0 Å². The molecular formula is C21H25N2+. The molecule has 1 heterocycles. The summed E-state index contributed by atoms with van der Waals surface area (Å²) in [6.45, 7) is 4.59. The number of rotatable bonds is 3. The third-order valence-electron chi connectivity index (χ3n) is 4.78. The second-order valence-corrected chi connectivity index (χ2v) is 6.91. The minimum atomic E-state index is 0.0332. The van der Waals surface area contributed by atoms with Crippen LogP contribution >= 0.6 is 0 Å². The summed E-state index contributed by atoms with van der Waals surface area (Å²) in [4.78, 5) is 2.12. The highest BCUT2D eigenvalue weighted by molar-refractivity contribution is 6.05. The van der Waals surface area contributed by atoms with Crippen molar-refractivity contribution >= 4 is 23.2 Å². The first kappa shape index (κ1) is 15.5. The molecule has 0 aliphatic carbocycles. The number of fused-ring (bicyclic) bond motifs is 1. The Kier molecular flexibility index (Phi) is 3.85. The molecule has 3 rings (SSSR count). The Morgan fingerprint density at radius 1 is 0.913 bits per heavy atom. The van der Waals surface area contributed by atoms with Crippen molar-refractivity contribution in [2.45, 2.75) is 19.3 Å². The maximum Gasteiger partial charge on any atom is 0.209 e. The molecule has 2 aromatic carbocycles. The molecule has 0 fully saturated rings. The highest BCUT2D eigenvalue weighted by Crippen LogP contribution is 2.39. The lowest BCUT2D eigenvalue weighted by atomic mass is 9.81. The number of hydrogen-bond donors (Lipinski definition) is 0. The lowest BCUT2D eigenvalue weighted by Gasteiger charge is -2.15. The summed E-state index contributed by atoms with van der Waals surface area (Å²) in [6, 6.07) is 17.3. The number of nitrogens with zero attached hydrogens (tertiary/aromatic N) is 2. The molecule has 0 saturated heterocycles. The lowest BCUT2D eigenvalue weighted by molar-refractivity contribution is -0.401. The van der Waals surface area contributed by atoms with E-state index in [0.29, 0.717) is 0 Å². The molecule has 0 N–H and O–H groups in total. The molecule has 2 aromatic rings. The van der Waals surface area contributed by atoms with E-state index < -0.39 is 0 Å². The molecule has 0 aromatic heterocycles. The maximum absolute atomic E-state index is 2.31. The van der Waals surface area contributed by atoms with Gasteiger partial charge in [-0.05, 0) is 37.6 Å². The smallest absolute Gasteiger partial charge is 0.209 e. The first-order valence-electron chi connectivity index (χ1n) is 8.07. The van der Waals surface area contributed by atoms with E-state index in [4.69, 9.17) is 0 Å². The number of benzene rings is 2. The highest BCUT2D eigenvalue weighted by Gasteiger charge is 2.42. The number of para-hydroxylation sites is 1. The van der Waals surface area contributed by atoms with E-state index in [9.17, 15) is 0 Å². The van der Waals surface area contributed by atoms with Crippen LogP contribution in [0.1, 0.15) is 25.0 Å². The minimum Gasteiger partial charge on any atom is -0.378 e. The van der Waals surface area contributed by atoms with Gasteiger partial charge in [-0.3, -0.25) is 0 Å². The molecular weight excluding hydrogens is 280 g/mol. The van der Waals surface area contributed by atoms with E-state index in [0.717, 1.165) is 0 Å². The SMILES string of the molecule is CN(C)c1ccc(C=CC2=[N+](C)c3ccccc3C2(C)C)cc1. The largest absolute Gasteiger partial charge is 0.378 e. The Morgan fingerprint density at radius 3 is 2.17 bits per heavy atom. The minimum absolute atomic E-state index is 0.0332. The van der Waals surface area contributed by atoms with Crippen LogP contribution in [0, 0.1) is 0 Å². The van der Waals surface area contributed by atoms with Gasteiger partial charge < -0.3 is 4.90 Å². The van der Waals surface area contributed by atoms with Gasteiger partial charge in [-0.1, -0.05) is 30.3 Å². The van der Waals surface area contributed by atoms with Crippen LogP contribution < -0.4 is 4.90 Å². The normalized spacial score (nSPS) is 16.0. The van der Waals surface area contributed by atoms with Crippen molar-refractivity contribution in [3.8, 4) is 0 Å². The van der Waals surface area contributed by atoms with Crippen molar-refractivity contribution in [2.24, 2.45) is 0 Å². The van der Waals surface area contributed by atoms with Gasteiger partial charge in [0.15, 0.2) is 5.71 Å². The molecule has 2 nitrogen and oxygen atoms in total. The standard InChI is InChI=1S/C21H25N2/c1-21(2)18-8-6-7-9-19(18)23(5)20(21)15-12-16-10-13-17(14-11-16)22(3)4/h6-15H,1-5H3/q+1. The summed E-state index contributed by atoms with van der Waals surface area (Å²) in [5.41, 5.74) is 6.51. The summed E-state index contributed by atoms with van der Waals surface area (Å²) in [5, 5.41) is 0. The van der Waals surface area contributed by atoms with Crippen molar-refractivity contribution < 1.29 is 4.58 Å². The Labute approximate surface area is 139 Å². The van der Waals surface area contributed by atoms with Gasteiger partial charge in [0, 0.05) is 37.5 Å². The third kappa shape index (κ3) is 2.70. The maximum atomic E-state index is 2.31. The molecule has 2 heteroatoms. The van der Waals surface area contributed by atoms with Gasteiger partial charge in [0.05, 0.1) is 5.41 Å². The Hall–Kier alpha value is -2.35. The van der Waals surface area contributed by atoms with Crippen LogP contribution in [0.5, 0.6) is 0 Å². The Balaban J connectivity index is 1.92. The van der Waals surface area contributed by atoms with Crippen molar-refractivity contribution in [1.29, 1.82) is 0 Å². The first-order chi connectivity index (χ1) is 10.9. The zero-order valence-corrected chi connectivity index (χ0v) is 14.7. The van der Waals surface area contributed by atoms with Crippen LogP contribution in [0.15, 0.2) is 54.6 Å². The quantitative estimate of drug-likeness (QED) is 0.758. The van der Waals surface area contributed by atoms with Crippen LogP contribution in [-0.2, 0) is 5.41 Å². The molecule has 0 bridgehead atoms. The summed E-state index contributed by atoms with van der Waals surface area (Å²) >= 11 is 0. The molecule has 23 heavy (non-hydrogen) atoms. The fraction of sp³-hybridized carbons (Fsp3) is 0.286. The molecule has 0 amide bonds. The van der Waals surface area contributed by atoms with Gasteiger partial charge in [0.2, 0.25) is 5.69 Å². The molecule has 0 spiro atoms. The van der Waals surface area contributed by atoms with Crippen LogP contribution in [0.4, 0.5) is 11.4 Å². The fourth-order valence-electron chi connectivity index (χ4n) is 3.36. The second-order valence-electron chi connectivity index (χ2n) is 6.91. The zero-order valence-electron chi connectivity index (χ0n) is 14.7. The average molecular weight is 305 g/mol. The van der Waals surface area contributed by atoms with Gasteiger partial charge in [-0.15, -0.1) is 0 Å². The molecule has 0 unspecified atom stereocenters. The number of allylic oxidation sites excluding steroid dienone is 1. The number of hydrogen-bond acceptors (Lipinski definition) is 1. The van der Waals surface area contributed by atoms with Crippen molar-refractivity contribution in [3.05, 3.63) is 65.7 Å². The Bertz CT molecular complexity index is 778. The zero-order chi connectivity index (χ0) is 16.6. The average Bonchev–Trinajstić information content (AvgIpc) is 2.73. The predicted molar refractivity (Wildman–Crippen MR) is 100 cm³/mol. The first-order valence-corrected chi connectivity index (χ1v) is 8.07. The predicted octanol–water partition coefficient (Wildman–Crippen LogP) is 4.47.